The van der Waals surface area contributed by atoms with Crippen molar-refractivity contribution in [1.29, 1.82) is 0 Å². The first-order chi connectivity index (χ1) is 8.61. The van der Waals surface area contributed by atoms with Crippen LogP contribution in [0.5, 0.6) is 5.75 Å². The van der Waals surface area contributed by atoms with Gasteiger partial charge in [-0.3, -0.25) is 4.79 Å². The number of hydrogen-bond donors (Lipinski definition) is 0. The zero-order valence-corrected chi connectivity index (χ0v) is 13.4. The van der Waals surface area contributed by atoms with Crippen molar-refractivity contribution in [2.45, 2.75) is 0 Å². The van der Waals surface area contributed by atoms with Crippen LogP contribution in [-0.2, 0) is 0 Å². The van der Waals surface area contributed by atoms with E-state index in [1.54, 1.807) is 19.2 Å². The SMILES string of the molecule is COc1cc(Br)ccc1C(=O)c1ccc(I)cc1. The standard InChI is InChI=1S/C14H10BrIO2/c1-18-13-8-10(15)4-7-12(13)14(17)9-2-5-11(16)6-3-9/h2-8H,1H3. The summed E-state index contributed by atoms with van der Waals surface area (Å²) in [6.45, 7) is 0. The Hall–Kier alpha value is -0.880. The average Bonchev–Trinajstić information content (AvgIpc) is 2.38. The lowest BCUT2D eigenvalue weighted by Crippen LogP contribution is -2.03. The lowest BCUT2D eigenvalue weighted by Gasteiger charge is -2.08. The normalized spacial score (nSPS) is 10.2. The van der Waals surface area contributed by atoms with E-state index in [1.807, 2.05) is 30.3 Å². The van der Waals surface area contributed by atoms with Crippen molar-refractivity contribution in [1.82, 2.24) is 0 Å². The lowest BCUT2D eigenvalue weighted by atomic mass is 10.0. The Morgan fingerprint density at radius 3 is 2.44 bits per heavy atom. The van der Waals surface area contributed by atoms with Crippen LogP contribution in [0, 0.1) is 3.57 Å². The summed E-state index contributed by atoms with van der Waals surface area (Å²) in [6.07, 6.45) is 0. The predicted octanol–water partition coefficient (Wildman–Crippen LogP) is 4.29. The molecule has 0 heterocycles. The molecule has 0 saturated heterocycles. The van der Waals surface area contributed by atoms with Gasteiger partial charge in [0.15, 0.2) is 5.78 Å². The van der Waals surface area contributed by atoms with Crippen molar-refractivity contribution in [2.75, 3.05) is 7.11 Å². The molecular formula is C14H10BrIO2. The number of carbonyl (C=O) groups is 1. The number of ketones is 1. The number of benzene rings is 2. The molecule has 0 fully saturated rings. The molecule has 0 aromatic heterocycles. The van der Waals surface area contributed by atoms with E-state index in [4.69, 9.17) is 4.74 Å². The number of methoxy groups -OCH3 is 1. The summed E-state index contributed by atoms with van der Waals surface area (Å²) < 4.78 is 7.23. The third kappa shape index (κ3) is 2.92. The van der Waals surface area contributed by atoms with Crippen LogP contribution in [0.3, 0.4) is 0 Å². The molecular weight excluding hydrogens is 407 g/mol. The van der Waals surface area contributed by atoms with Gasteiger partial charge in [-0.2, -0.15) is 0 Å². The smallest absolute Gasteiger partial charge is 0.196 e. The molecule has 0 aliphatic heterocycles. The molecule has 0 N–H and O–H groups in total. The van der Waals surface area contributed by atoms with Gasteiger partial charge >= 0.3 is 0 Å². The highest BCUT2D eigenvalue weighted by atomic mass is 127. The highest BCUT2D eigenvalue weighted by Gasteiger charge is 2.14. The highest BCUT2D eigenvalue weighted by Crippen LogP contribution is 2.25. The zero-order chi connectivity index (χ0) is 13.1. The molecule has 0 bridgehead atoms. The van der Waals surface area contributed by atoms with Gasteiger partial charge in [-0.1, -0.05) is 15.9 Å². The zero-order valence-electron chi connectivity index (χ0n) is 9.61. The first-order valence-corrected chi connectivity index (χ1v) is 7.13. The van der Waals surface area contributed by atoms with Crippen LogP contribution in [0.1, 0.15) is 15.9 Å². The monoisotopic (exact) mass is 416 g/mol. The first kappa shape index (κ1) is 13.5. The van der Waals surface area contributed by atoms with E-state index in [9.17, 15) is 4.79 Å². The number of carbonyl (C=O) groups excluding carboxylic acids is 1. The van der Waals surface area contributed by atoms with Gasteiger partial charge in [-0.05, 0) is 65.1 Å². The third-order valence-corrected chi connectivity index (χ3v) is 3.73. The molecule has 0 radical (unpaired) electrons. The summed E-state index contributed by atoms with van der Waals surface area (Å²) in [6, 6.07) is 12.9. The largest absolute Gasteiger partial charge is 0.496 e. The third-order valence-electron chi connectivity index (χ3n) is 2.51. The summed E-state index contributed by atoms with van der Waals surface area (Å²) in [7, 11) is 1.56. The molecule has 0 spiro atoms. The van der Waals surface area contributed by atoms with Gasteiger partial charge in [0.05, 0.1) is 12.7 Å². The van der Waals surface area contributed by atoms with Crippen molar-refractivity contribution in [3.63, 3.8) is 0 Å². The van der Waals surface area contributed by atoms with Gasteiger partial charge in [0.25, 0.3) is 0 Å². The van der Waals surface area contributed by atoms with Crippen LogP contribution in [0.25, 0.3) is 0 Å². The van der Waals surface area contributed by atoms with Crippen molar-refractivity contribution in [3.8, 4) is 5.75 Å². The highest BCUT2D eigenvalue weighted by molar-refractivity contribution is 14.1. The Bertz CT molecular complexity index is 579. The molecule has 2 rings (SSSR count). The molecule has 2 aromatic rings. The van der Waals surface area contributed by atoms with Crippen molar-refractivity contribution in [3.05, 3.63) is 61.6 Å². The van der Waals surface area contributed by atoms with E-state index in [-0.39, 0.29) is 5.78 Å². The van der Waals surface area contributed by atoms with Crippen molar-refractivity contribution < 1.29 is 9.53 Å². The Labute approximate surface area is 128 Å². The topological polar surface area (TPSA) is 26.3 Å². The summed E-state index contributed by atoms with van der Waals surface area (Å²) in [4.78, 5) is 12.4. The van der Waals surface area contributed by atoms with Crippen LogP contribution in [-0.4, -0.2) is 12.9 Å². The Kier molecular flexibility index (Phi) is 4.40. The summed E-state index contributed by atoms with van der Waals surface area (Å²) in [5.41, 5.74) is 1.23. The van der Waals surface area contributed by atoms with Crippen molar-refractivity contribution >= 4 is 44.3 Å². The minimum Gasteiger partial charge on any atom is -0.496 e. The first-order valence-electron chi connectivity index (χ1n) is 5.25. The van der Waals surface area contributed by atoms with Crippen LogP contribution in [0.2, 0.25) is 0 Å². The fourth-order valence-corrected chi connectivity index (χ4v) is 2.31. The van der Waals surface area contributed by atoms with Gasteiger partial charge in [0.1, 0.15) is 5.75 Å². The maximum atomic E-state index is 12.4. The molecule has 18 heavy (non-hydrogen) atoms. The number of rotatable bonds is 3. The maximum Gasteiger partial charge on any atom is 0.196 e. The molecule has 0 atom stereocenters. The molecule has 0 aliphatic rings. The summed E-state index contributed by atoms with van der Waals surface area (Å²) >= 11 is 5.57. The Balaban J connectivity index is 2.42. The predicted molar refractivity (Wildman–Crippen MR) is 83.3 cm³/mol. The van der Waals surface area contributed by atoms with Crippen LogP contribution >= 0.6 is 38.5 Å². The molecule has 2 aromatic carbocycles. The number of halogens is 2. The van der Waals surface area contributed by atoms with E-state index < -0.39 is 0 Å². The van der Waals surface area contributed by atoms with Gasteiger partial charge in [0.2, 0.25) is 0 Å². The van der Waals surface area contributed by atoms with Gasteiger partial charge in [-0.15, -0.1) is 0 Å². The van der Waals surface area contributed by atoms with E-state index in [0.29, 0.717) is 16.9 Å². The molecule has 0 unspecified atom stereocenters. The van der Waals surface area contributed by atoms with Gasteiger partial charge in [0, 0.05) is 13.6 Å². The van der Waals surface area contributed by atoms with E-state index in [0.717, 1.165) is 8.04 Å². The number of ether oxygens (including phenoxy) is 1. The second-order valence-electron chi connectivity index (χ2n) is 3.68. The average molecular weight is 417 g/mol. The van der Waals surface area contributed by atoms with Gasteiger partial charge in [-0.25, -0.2) is 0 Å². The fourth-order valence-electron chi connectivity index (χ4n) is 1.61. The second-order valence-corrected chi connectivity index (χ2v) is 5.84. The van der Waals surface area contributed by atoms with E-state index in [1.165, 1.54) is 0 Å². The molecule has 2 nitrogen and oxygen atoms in total. The summed E-state index contributed by atoms with van der Waals surface area (Å²) in [5.74, 6) is 0.545. The van der Waals surface area contributed by atoms with Gasteiger partial charge < -0.3 is 4.74 Å². The van der Waals surface area contributed by atoms with Crippen molar-refractivity contribution in [2.24, 2.45) is 0 Å². The van der Waals surface area contributed by atoms with Crippen LogP contribution in [0.4, 0.5) is 0 Å². The minimum atomic E-state index is -0.0317. The Morgan fingerprint density at radius 1 is 1.17 bits per heavy atom. The van der Waals surface area contributed by atoms with E-state index in [2.05, 4.69) is 38.5 Å². The maximum absolute atomic E-state index is 12.4. The number of hydrogen-bond acceptors (Lipinski definition) is 2. The minimum absolute atomic E-state index is 0.0317. The van der Waals surface area contributed by atoms with Crippen LogP contribution in [0.15, 0.2) is 46.9 Å². The molecule has 0 amide bonds. The quantitative estimate of drug-likeness (QED) is 0.551. The van der Waals surface area contributed by atoms with Crippen LogP contribution < -0.4 is 4.74 Å². The molecule has 4 heteroatoms. The molecule has 0 saturated carbocycles. The fraction of sp³-hybridized carbons (Fsp3) is 0.0714. The lowest BCUT2D eigenvalue weighted by molar-refractivity contribution is 0.103. The van der Waals surface area contributed by atoms with E-state index >= 15 is 0 Å². The summed E-state index contributed by atoms with van der Waals surface area (Å²) in [5, 5.41) is 0. The Morgan fingerprint density at radius 2 is 1.83 bits per heavy atom. The molecule has 92 valence electrons. The molecule has 0 aliphatic carbocycles. The second kappa shape index (κ2) is 5.84.